The molecule has 0 amide bonds. The molecule has 0 spiro atoms. The van der Waals surface area contributed by atoms with E-state index in [0.717, 1.165) is 22.4 Å². The second-order valence-corrected chi connectivity index (χ2v) is 6.70. The van der Waals surface area contributed by atoms with E-state index in [-0.39, 0.29) is 12.5 Å². The molecule has 2 aromatic carbocycles. The highest BCUT2D eigenvalue weighted by Gasteiger charge is 2.17. The van der Waals surface area contributed by atoms with Gasteiger partial charge in [-0.05, 0) is 48.5 Å². The summed E-state index contributed by atoms with van der Waals surface area (Å²) in [6, 6.07) is 18.8. The molecule has 0 aliphatic rings. The first-order chi connectivity index (χ1) is 15.2. The van der Waals surface area contributed by atoms with E-state index in [9.17, 15) is 8.78 Å². The molecule has 1 N–H and O–H groups in total. The summed E-state index contributed by atoms with van der Waals surface area (Å²) in [4.78, 5) is 12.1. The van der Waals surface area contributed by atoms with E-state index in [1.165, 1.54) is 6.20 Å². The van der Waals surface area contributed by atoms with Gasteiger partial charge in [-0.3, -0.25) is 4.98 Å². The summed E-state index contributed by atoms with van der Waals surface area (Å²) >= 11 is 0. The van der Waals surface area contributed by atoms with Crippen LogP contribution in [0.15, 0.2) is 71.3 Å². The van der Waals surface area contributed by atoms with E-state index in [2.05, 4.69) is 25.1 Å². The zero-order valence-corrected chi connectivity index (χ0v) is 16.0. The SMILES string of the molecule is FC(F)c1nnc(-c2ccc(COc3ccc(-c4nc5ccccc5[nH]4)cc3)nc2)o1. The first-order valence-corrected chi connectivity index (χ1v) is 9.40. The van der Waals surface area contributed by atoms with Crippen LogP contribution in [0, 0.1) is 0 Å². The van der Waals surface area contributed by atoms with Crippen LogP contribution in [0.2, 0.25) is 0 Å². The van der Waals surface area contributed by atoms with Crippen LogP contribution in [0.25, 0.3) is 33.9 Å². The maximum absolute atomic E-state index is 12.6. The highest BCUT2D eigenvalue weighted by atomic mass is 19.3. The lowest BCUT2D eigenvalue weighted by Gasteiger charge is -2.06. The molecule has 5 rings (SSSR count). The highest BCUT2D eigenvalue weighted by molar-refractivity contribution is 5.79. The maximum atomic E-state index is 12.6. The molecule has 0 aliphatic carbocycles. The topological polar surface area (TPSA) is 89.7 Å². The summed E-state index contributed by atoms with van der Waals surface area (Å²) in [6.45, 7) is 0.246. The molecule has 0 fully saturated rings. The van der Waals surface area contributed by atoms with Gasteiger partial charge in [0.15, 0.2) is 0 Å². The van der Waals surface area contributed by atoms with Gasteiger partial charge in [0.05, 0.1) is 22.3 Å². The number of hydrogen-bond donors (Lipinski definition) is 1. The third-order valence-corrected chi connectivity index (χ3v) is 4.60. The van der Waals surface area contributed by atoms with Crippen LogP contribution in [0.1, 0.15) is 18.0 Å². The molecular formula is C22H15F2N5O2. The number of H-pyrrole nitrogens is 1. The summed E-state index contributed by atoms with van der Waals surface area (Å²) in [6.07, 6.45) is -1.33. The van der Waals surface area contributed by atoms with Crippen molar-refractivity contribution in [3.05, 3.63) is 78.4 Å². The van der Waals surface area contributed by atoms with E-state index >= 15 is 0 Å². The summed E-state index contributed by atoms with van der Waals surface area (Å²) in [5.74, 6) is 0.759. The lowest BCUT2D eigenvalue weighted by molar-refractivity contribution is 0.116. The fourth-order valence-corrected chi connectivity index (χ4v) is 3.03. The number of alkyl halides is 2. The summed E-state index contributed by atoms with van der Waals surface area (Å²) in [7, 11) is 0. The van der Waals surface area contributed by atoms with E-state index < -0.39 is 12.3 Å². The molecular weight excluding hydrogens is 404 g/mol. The summed E-state index contributed by atoms with van der Waals surface area (Å²) in [5, 5.41) is 6.91. The molecule has 0 saturated carbocycles. The number of benzene rings is 2. The number of aromatic nitrogens is 5. The molecule has 7 nitrogen and oxygen atoms in total. The van der Waals surface area contributed by atoms with Gasteiger partial charge in [-0.1, -0.05) is 12.1 Å². The zero-order valence-electron chi connectivity index (χ0n) is 16.0. The molecule has 3 heterocycles. The summed E-state index contributed by atoms with van der Waals surface area (Å²) in [5.41, 5.74) is 3.97. The Morgan fingerprint density at radius 1 is 0.935 bits per heavy atom. The number of fused-ring (bicyclic) bond motifs is 1. The molecule has 31 heavy (non-hydrogen) atoms. The van der Waals surface area contributed by atoms with Gasteiger partial charge >= 0.3 is 6.43 Å². The third-order valence-electron chi connectivity index (χ3n) is 4.60. The average molecular weight is 419 g/mol. The zero-order chi connectivity index (χ0) is 21.2. The second-order valence-electron chi connectivity index (χ2n) is 6.70. The van der Waals surface area contributed by atoms with Crippen molar-refractivity contribution in [3.8, 4) is 28.6 Å². The largest absolute Gasteiger partial charge is 0.487 e. The van der Waals surface area contributed by atoms with E-state index in [4.69, 9.17) is 9.15 Å². The minimum atomic E-state index is -2.81. The highest BCUT2D eigenvalue weighted by Crippen LogP contribution is 2.24. The van der Waals surface area contributed by atoms with E-state index in [1.54, 1.807) is 12.1 Å². The fourth-order valence-electron chi connectivity index (χ4n) is 3.03. The minimum Gasteiger partial charge on any atom is -0.487 e. The van der Waals surface area contributed by atoms with Crippen molar-refractivity contribution >= 4 is 11.0 Å². The molecule has 0 atom stereocenters. The molecule has 154 valence electrons. The lowest BCUT2D eigenvalue weighted by atomic mass is 10.2. The normalized spacial score (nSPS) is 11.3. The smallest absolute Gasteiger partial charge is 0.314 e. The quantitative estimate of drug-likeness (QED) is 0.407. The van der Waals surface area contributed by atoms with Gasteiger partial charge in [0, 0.05) is 11.8 Å². The lowest BCUT2D eigenvalue weighted by Crippen LogP contribution is -1.98. The fraction of sp³-hybridized carbons (Fsp3) is 0.0909. The summed E-state index contributed by atoms with van der Waals surface area (Å²) < 4.78 is 35.8. The number of pyridine rings is 1. The number of para-hydroxylation sites is 2. The van der Waals surface area contributed by atoms with Gasteiger partial charge in [0.25, 0.3) is 5.89 Å². The Kier molecular flexibility index (Phi) is 4.83. The molecule has 3 aromatic heterocycles. The van der Waals surface area contributed by atoms with Crippen LogP contribution < -0.4 is 4.74 Å². The monoisotopic (exact) mass is 419 g/mol. The van der Waals surface area contributed by atoms with Crippen LogP contribution in [0.3, 0.4) is 0 Å². The van der Waals surface area contributed by atoms with Crippen molar-refractivity contribution in [2.75, 3.05) is 0 Å². The van der Waals surface area contributed by atoms with Crippen molar-refractivity contribution < 1.29 is 17.9 Å². The molecule has 0 bridgehead atoms. The minimum absolute atomic E-state index is 0.00329. The van der Waals surface area contributed by atoms with Gasteiger partial charge in [-0.15, -0.1) is 10.2 Å². The molecule has 9 heteroatoms. The number of aromatic amines is 1. The Morgan fingerprint density at radius 2 is 1.74 bits per heavy atom. The van der Waals surface area contributed by atoms with Crippen LogP contribution in [-0.4, -0.2) is 25.1 Å². The number of nitrogens with one attached hydrogen (secondary N) is 1. The molecule has 0 aliphatic heterocycles. The van der Waals surface area contributed by atoms with Gasteiger partial charge in [0.1, 0.15) is 18.2 Å². The van der Waals surface area contributed by atoms with Crippen molar-refractivity contribution in [1.82, 2.24) is 25.1 Å². The number of imidazole rings is 1. The number of nitrogens with zero attached hydrogens (tertiary/aromatic N) is 4. The first kappa shape index (κ1) is 18.9. The van der Waals surface area contributed by atoms with Gasteiger partial charge in [-0.2, -0.15) is 8.78 Å². The molecule has 0 saturated heterocycles. The van der Waals surface area contributed by atoms with Gasteiger partial charge in [0.2, 0.25) is 5.89 Å². The Labute approximate surface area is 174 Å². The number of ether oxygens (including phenoxy) is 1. The Morgan fingerprint density at radius 3 is 2.45 bits per heavy atom. The van der Waals surface area contributed by atoms with Crippen LogP contribution in [0.4, 0.5) is 8.78 Å². The Hall–Kier alpha value is -4.14. The van der Waals surface area contributed by atoms with Crippen LogP contribution in [0.5, 0.6) is 5.75 Å². The third kappa shape index (κ3) is 3.97. The predicted octanol–water partition coefficient (Wildman–Crippen LogP) is 5.19. The van der Waals surface area contributed by atoms with Crippen molar-refractivity contribution in [3.63, 3.8) is 0 Å². The van der Waals surface area contributed by atoms with Gasteiger partial charge < -0.3 is 14.1 Å². The van der Waals surface area contributed by atoms with Crippen molar-refractivity contribution in [1.29, 1.82) is 0 Å². The molecule has 0 radical (unpaired) electrons. The number of hydrogen-bond acceptors (Lipinski definition) is 6. The number of rotatable bonds is 6. The number of halogens is 2. The Bertz CT molecular complexity index is 1280. The van der Waals surface area contributed by atoms with E-state index in [0.29, 0.717) is 17.0 Å². The predicted molar refractivity (Wildman–Crippen MR) is 108 cm³/mol. The standard InChI is InChI=1S/C22H15F2N5O2/c23-19(24)22-29-28-21(31-22)14-5-8-15(25-11-14)12-30-16-9-6-13(7-10-16)20-26-17-3-1-2-4-18(17)27-20/h1-11,19H,12H2,(H,26,27). The van der Waals surface area contributed by atoms with Crippen molar-refractivity contribution in [2.45, 2.75) is 13.0 Å². The Balaban J connectivity index is 1.23. The second kappa shape index (κ2) is 7.94. The average Bonchev–Trinajstić information content (AvgIpc) is 3.46. The molecule has 0 unspecified atom stereocenters. The first-order valence-electron chi connectivity index (χ1n) is 9.40. The van der Waals surface area contributed by atoms with Crippen molar-refractivity contribution in [2.24, 2.45) is 0 Å². The van der Waals surface area contributed by atoms with E-state index in [1.807, 2.05) is 48.5 Å². The molecule has 5 aromatic rings. The van der Waals surface area contributed by atoms with Crippen LogP contribution in [-0.2, 0) is 6.61 Å². The van der Waals surface area contributed by atoms with Gasteiger partial charge in [-0.25, -0.2) is 4.98 Å². The van der Waals surface area contributed by atoms with Crippen LogP contribution >= 0.6 is 0 Å². The maximum Gasteiger partial charge on any atom is 0.314 e.